The van der Waals surface area contributed by atoms with E-state index >= 15 is 0 Å². The molecule has 0 saturated heterocycles. The van der Waals surface area contributed by atoms with Crippen LogP contribution in [0.15, 0.2) is 35.2 Å². The van der Waals surface area contributed by atoms with Gasteiger partial charge in [-0.3, -0.25) is 0 Å². The van der Waals surface area contributed by atoms with E-state index in [0.29, 0.717) is 12.1 Å². The van der Waals surface area contributed by atoms with Crippen molar-refractivity contribution < 1.29 is 27.8 Å². The molecular formula is C6H5Cl2F5O2S2. The van der Waals surface area contributed by atoms with Crippen molar-refractivity contribution in [2.75, 3.05) is 0 Å². The van der Waals surface area contributed by atoms with Crippen LogP contribution in [0.1, 0.15) is 0 Å². The van der Waals surface area contributed by atoms with Crippen molar-refractivity contribution in [1.82, 2.24) is 0 Å². The van der Waals surface area contributed by atoms with Crippen LogP contribution in [0, 0.1) is 0 Å². The predicted molar refractivity (Wildman–Crippen MR) is 58.5 cm³/mol. The molecule has 0 aromatic heterocycles. The lowest BCUT2D eigenvalue weighted by molar-refractivity contribution is 0.364. The van der Waals surface area contributed by atoms with Crippen molar-refractivity contribution >= 4 is 39.9 Å². The Balaban J connectivity index is 0.000000437. The zero-order valence-corrected chi connectivity index (χ0v) is 10.8. The summed E-state index contributed by atoms with van der Waals surface area (Å²) in [7, 11) is -4.61. The highest BCUT2D eigenvalue weighted by atomic mass is 36.0. The van der Waals surface area contributed by atoms with Crippen molar-refractivity contribution in [3.05, 3.63) is 30.3 Å². The van der Waals surface area contributed by atoms with Crippen molar-refractivity contribution in [2.45, 2.75) is 4.90 Å². The molecule has 0 N–H and O–H groups in total. The van der Waals surface area contributed by atoms with E-state index < -0.39 is 23.4 Å². The maximum atomic E-state index is 11.9. The van der Waals surface area contributed by atoms with E-state index in [1.165, 1.54) is 6.07 Å². The highest BCUT2D eigenvalue weighted by Gasteiger charge is 2.65. The first-order chi connectivity index (χ1) is 7.09. The van der Waals surface area contributed by atoms with Gasteiger partial charge >= 0.3 is 18.5 Å². The van der Waals surface area contributed by atoms with Gasteiger partial charge < -0.3 is 0 Å². The second-order valence-electron chi connectivity index (χ2n) is 2.66. The minimum Gasteiger partial charge on any atom is -0.195 e. The number of benzene rings is 1. The van der Waals surface area contributed by atoms with E-state index in [1.807, 2.05) is 0 Å². The summed E-state index contributed by atoms with van der Waals surface area (Å²) in [6.07, 6.45) is 0. The molecular weight excluding hydrogens is 334 g/mol. The predicted octanol–water partition coefficient (Wildman–Crippen LogP) is 5.05. The van der Waals surface area contributed by atoms with Crippen LogP contribution in [0.3, 0.4) is 0 Å². The summed E-state index contributed by atoms with van der Waals surface area (Å²) < 4.78 is 78.1. The summed E-state index contributed by atoms with van der Waals surface area (Å²) in [6, 6.07) is 3.82. The fraction of sp³-hybridized carbons (Fsp3) is 0. The Morgan fingerprint density at radius 3 is 1.35 bits per heavy atom. The number of hydrogen-bond acceptors (Lipinski definition) is 2. The van der Waals surface area contributed by atoms with Crippen LogP contribution in [0.25, 0.3) is 0 Å². The van der Waals surface area contributed by atoms with Crippen LogP contribution >= 0.6 is 31.6 Å². The smallest absolute Gasteiger partial charge is 0.195 e. The highest BCUT2D eigenvalue weighted by Crippen LogP contribution is 3.02. The maximum Gasteiger partial charge on any atom is 0.317 e. The molecule has 1 aromatic carbocycles. The third kappa shape index (κ3) is 9.45. The quantitative estimate of drug-likeness (QED) is 0.530. The molecule has 0 aliphatic carbocycles. The number of rotatable bonds is 1. The molecule has 17 heavy (non-hydrogen) atoms. The molecule has 0 radical (unpaired) electrons. The van der Waals surface area contributed by atoms with E-state index in [9.17, 15) is 19.4 Å². The first-order valence-electron chi connectivity index (χ1n) is 3.53. The van der Waals surface area contributed by atoms with Crippen molar-refractivity contribution in [3.63, 3.8) is 0 Å². The normalized spacial score (nSPS) is 16.2. The Bertz CT molecular complexity index is 476. The molecule has 0 aliphatic rings. The first kappa shape index (κ1) is 16.8. The van der Waals surface area contributed by atoms with Gasteiger partial charge in [0.25, 0.3) is 0 Å². The molecule has 102 valence electrons. The molecule has 0 amide bonds. The molecule has 0 fully saturated rings. The second-order valence-corrected chi connectivity index (χ2v) is 8.74. The third-order valence-corrected chi connectivity index (χ3v) is 2.35. The van der Waals surface area contributed by atoms with E-state index in [4.69, 9.17) is 8.42 Å². The van der Waals surface area contributed by atoms with Crippen LogP contribution in [0.5, 0.6) is 0 Å². The van der Waals surface area contributed by atoms with Gasteiger partial charge in [0.05, 0.1) is 0 Å². The monoisotopic (exact) mass is 338 g/mol. The van der Waals surface area contributed by atoms with Crippen molar-refractivity contribution in [2.24, 2.45) is 0 Å². The van der Waals surface area contributed by atoms with Crippen LogP contribution in [-0.4, -0.2) is 8.42 Å². The lowest BCUT2D eigenvalue weighted by Gasteiger charge is -2.40. The Morgan fingerprint density at radius 2 is 1.18 bits per heavy atom. The molecule has 2 nitrogen and oxygen atoms in total. The fourth-order valence-electron chi connectivity index (χ4n) is 0.678. The van der Waals surface area contributed by atoms with E-state index in [1.54, 1.807) is 0 Å². The van der Waals surface area contributed by atoms with Crippen molar-refractivity contribution in [1.29, 1.82) is 0 Å². The molecule has 0 spiro atoms. The summed E-state index contributed by atoms with van der Waals surface area (Å²) >= 11 is 0. The molecule has 0 atom stereocenters. The van der Waals surface area contributed by atoms with Crippen LogP contribution in [0.4, 0.5) is 19.4 Å². The average Bonchev–Trinajstić information content (AvgIpc) is 1.98. The molecule has 1 aromatic rings. The molecule has 0 heterocycles. The van der Waals surface area contributed by atoms with Gasteiger partial charge in [-0.15, -0.1) is 0 Å². The third-order valence-electron chi connectivity index (χ3n) is 1.19. The summed E-state index contributed by atoms with van der Waals surface area (Å²) in [5, 5.41) is 0. The Hall–Kier alpha value is -0.250. The Kier molecular flexibility index (Phi) is 4.08. The van der Waals surface area contributed by atoms with Gasteiger partial charge in [0.1, 0.15) is 4.90 Å². The van der Waals surface area contributed by atoms with Gasteiger partial charge in [0, 0.05) is 21.4 Å². The zero-order valence-electron chi connectivity index (χ0n) is 7.67. The minimum absolute atomic E-state index is 0.363. The van der Waals surface area contributed by atoms with Gasteiger partial charge in [0.2, 0.25) is 0 Å². The number of hydrogen-bond donors (Lipinski definition) is 0. The molecule has 0 bridgehead atoms. The Morgan fingerprint density at radius 1 is 0.882 bits per heavy atom. The topological polar surface area (TPSA) is 34.1 Å². The van der Waals surface area contributed by atoms with Gasteiger partial charge in [-0.25, -0.2) is 0 Å². The maximum absolute atomic E-state index is 11.9. The summed E-state index contributed by atoms with van der Waals surface area (Å²) in [4.78, 5) is -1.85. The lowest BCUT2D eigenvalue weighted by Crippen LogP contribution is -2.05. The SMILES string of the molecule is FS(F)(F)(F)(F)c1ccccc1.O=S(=O)(Cl)Cl. The first-order valence-corrected chi connectivity index (χ1v) is 8.62. The van der Waals surface area contributed by atoms with Crippen LogP contribution in [0.2, 0.25) is 0 Å². The van der Waals surface area contributed by atoms with E-state index in [0.717, 1.165) is 12.1 Å². The van der Waals surface area contributed by atoms with Crippen LogP contribution in [-0.2, 0) is 8.26 Å². The zero-order chi connectivity index (χ0) is 14.0. The minimum atomic E-state index is -9.43. The fourth-order valence-corrected chi connectivity index (χ4v) is 1.35. The second kappa shape index (κ2) is 4.15. The summed E-state index contributed by atoms with van der Waals surface area (Å²) in [5.74, 6) is 0. The van der Waals surface area contributed by atoms with Crippen LogP contribution < -0.4 is 0 Å². The van der Waals surface area contributed by atoms with Crippen molar-refractivity contribution in [3.8, 4) is 0 Å². The van der Waals surface area contributed by atoms with Gasteiger partial charge in [-0.2, -0.15) is 8.42 Å². The number of halogens is 7. The summed E-state index contributed by atoms with van der Waals surface area (Å²) in [6.45, 7) is 0. The molecule has 1 rings (SSSR count). The Labute approximate surface area is 103 Å². The standard InChI is InChI=1S/C6H5F5S.Cl2O2S/c7-12(8,9,10,11)6-4-2-1-3-5-6;1-5(2,3)4/h1-5H;. The molecule has 0 saturated carbocycles. The van der Waals surface area contributed by atoms with Gasteiger partial charge in [-0.1, -0.05) is 37.6 Å². The average molecular weight is 339 g/mol. The largest absolute Gasteiger partial charge is 0.317 e. The molecule has 0 aliphatic heterocycles. The molecule has 11 heteroatoms. The summed E-state index contributed by atoms with van der Waals surface area (Å²) in [5.41, 5.74) is 0. The van der Waals surface area contributed by atoms with Gasteiger partial charge in [0.15, 0.2) is 0 Å². The van der Waals surface area contributed by atoms with E-state index in [-0.39, 0.29) is 0 Å². The van der Waals surface area contributed by atoms with Gasteiger partial charge in [-0.05, 0) is 12.1 Å². The molecule has 0 unspecified atom stereocenters. The van der Waals surface area contributed by atoms with E-state index in [2.05, 4.69) is 21.4 Å². The highest BCUT2D eigenvalue weighted by molar-refractivity contribution is 8.45. The lowest BCUT2D eigenvalue weighted by atomic mass is 10.4.